The zero-order valence-corrected chi connectivity index (χ0v) is 19.9. The normalized spacial score (nSPS) is 15.3. The number of amides is 1. The average molecular weight is 494 g/mol. The molecule has 2 aromatic heterocycles. The molecule has 180 valence electrons. The standard InChI is InChI=1S/C25H24ClN5O4/c1-35-21-13-17(26)7-8-19(21)23(32)29-11-9-25(34,10-12-29)15-30-16-27-22-20(24(30)33)14-28-31(22)18-5-3-2-4-6-18/h2-8,13-14,16,34H,9-12,15H2,1H3. The molecule has 0 atom stereocenters. The molecular formula is C25H24ClN5O4. The Kier molecular flexibility index (Phi) is 6.04. The van der Waals surface area contributed by atoms with Gasteiger partial charge >= 0.3 is 0 Å². The lowest BCUT2D eigenvalue weighted by Crippen LogP contribution is -2.49. The number of aliphatic hydroxyl groups is 1. The van der Waals surface area contributed by atoms with E-state index in [0.29, 0.717) is 53.3 Å². The van der Waals surface area contributed by atoms with Gasteiger partial charge in [-0.3, -0.25) is 14.2 Å². The summed E-state index contributed by atoms with van der Waals surface area (Å²) in [5.74, 6) is 0.222. The van der Waals surface area contributed by atoms with E-state index in [1.807, 2.05) is 30.3 Å². The van der Waals surface area contributed by atoms with Crippen molar-refractivity contribution in [2.75, 3.05) is 20.2 Å². The molecule has 4 aromatic rings. The van der Waals surface area contributed by atoms with Gasteiger partial charge in [0, 0.05) is 18.1 Å². The van der Waals surface area contributed by atoms with Gasteiger partial charge in [-0.1, -0.05) is 29.8 Å². The SMILES string of the molecule is COc1cc(Cl)ccc1C(=O)N1CCC(O)(Cn2cnc3c(cnn3-c3ccccc3)c2=O)CC1. The van der Waals surface area contributed by atoms with Crippen molar-refractivity contribution < 1.29 is 14.6 Å². The molecule has 35 heavy (non-hydrogen) atoms. The molecule has 0 unspecified atom stereocenters. The van der Waals surface area contributed by atoms with Gasteiger partial charge < -0.3 is 14.7 Å². The number of para-hydroxylation sites is 1. The smallest absolute Gasteiger partial charge is 0.264 e. The number of hydrogen-bond donors (Lipinski definition) is 1. The first-order chi connectivity index (χ1) is 16.9. The summed E-state index contributed by atoms with van der Waals surface area (Å²) in [6, 6.07) is 14.3. The van der Waals surface area contributed by atoms with Gasteiger partial charge in [0.05, 0.1) is 36.7 Å². The number of rotatable bonds is 5. The number of aromatic nitrogens is 4. The second kappa shape index (κ2) is 9.16. The molecular weight excluding hydrogens is 470 g/mol. The van der Waals surface area contributed by atoms with Gasteiger partial charge in [-0.25, -0.2) is 9.67 Å². The molecule has 0 saturated carbocycles. The van der Waals surface area contributed by atoms with Crippen molar-refractivity contribution in [3.05, 3.63) is 82.0 Å². The highest BCUT2D eigenvalue weighted by Crippen LogP contribution is 2.29. The van der Waals surface area contributed by atoms with Gasteiger partial charge in [-0.05, 0) is 43.2 Å². The fourth-order valence-electron chi connectivity index (χ4n) is 4.43. The summed E-state index contributed by atoms with van der Waals surface area (Å²) in [5.41, 5.74) is 0.274. The lowest BCUT2D eigenvalue weighted by molar-refractivity contribution is -0.0299. The Bertz CT molecular complexity index is 1440. The minimum absolute atomic E-state index is 0.0809. The fourth-order valence-corrected chi connectivity index (χ4v) is 4.59. The van der Waals surface area contributed by atoms with Crippen molar-refractivity contribution in [2.45, 2.75) is 25.0 Å². The van der Waals surface area contributed by atoms with E-state index in [1.54, 1.807) is 27.8 Å². The topological polar surface area (TPSA) is 102 Å². The van der Waals surface area contributed by atoms with E-state index in [0.717, 1.165) is 5.69 Å². The maximum atomic E-state index is 13.1. The molecule has 1 saturated heterocycles. The third kappa shape index (κ3) is 4.40. The van der Waals surface area contributed by atoms with Crippen LogP contribution in [0.3, 0.4) is 0 Å². The van der Waals surface area contributed by atoms with Crippen LogP contribution in [0.2, 0.25) is 5.02 Å². The first-order valence-corrected chi connectivity index (χ1v) is 11.6. The Balaban J connectivity index is 1.32. The predicted molar refractivity (Wildman–Crippen MR) is 131 cm³/mol. The van der Waals surface area contributed by atoms with E-state index < -0.39 is 5.60 Å². The summed E-state index contributed by atoms with van der Waals surface area (Å²) in [6.07, 6.45) is 3.59. The van der Waals surface area contributed by atoms with Crippen molar-refractivity contribution >= 4 is 28.5 Å². The molecule has 1 N–H and O–H groups in total. The van der Waals surface area contributed by atoms with Gasteiger partial charge in [-0.2, -0.15) is 5.10 Å². The van der Waals surface area contributed by atoms with Gasteiger partial charge in [0.15, 0.2) is 5.65 Å². The maximum absolute atomic E-state index is 13.1. The summed E-state index contributed by atoms with van der Waals surface area (Å²) in [5, 5.41) is 16.4. The summed E-state index contributed by atoms with van der Waals surface area (Å²) in [4.78, 5) is 32.3. The number of piperidine rings is 1. The number of carbonyl (C=O) groups is 1. The van der Waals surface area contributed by atoms with E-state index in [1.165, 1.54) is 24.2 Å². The lowest BCUT2D eigenvalue weighted by Gasteiger charge is -2.38. The van der Waals surface area contributed by atoms with Crippen molar-refractivity contribution in [1.29, 1.82) is 0 Å². The van der Waals surface area contributed by atoms with Crippen LogP contribution in [0.5, 0.6) is 5.75 Å². The number of carbonyl (C=O) groups excluding carboxylic acids is 1. The van der Waals surface area contributed by atoms with Crippen molar-refractivity contribution in [1.82, 2.24) is 24.2 Å². The van der Waals surface area contributed by atoms with Crippen molar-refractivity contribution in [2.24, 2.45) is 0 Å². The minimum atomic E-state index is -1.14. The number of halogens is 1. The summed E-state index contributed by atoms with van der Waals surface area (Å²) in [6.45, 7) is 0.770. The molecule has 5 rings (SSSR count). The first-order valence-electron chi connectivity index (χ1n) is 11.2. The molecule has 1 fully saturated rings. The number of hydrogen-bond acceptors (Lipinski definition) is 6. The average Bonchev–Trinajstić information content (AvgIpc) is 3.31. The first kappa shape index (κ1) is 23.1. The zero-order chi connectivity index (χ0) is 24.6. The number of likely N-dealkylation sites (tertiary alicyclic amines) is 1. The predicted octanol–water partition coefficient (Wildman–Crippen LogP) is 2.91. The van der Waals surface area contributed by atoms with Crippen LogP contribution in [-0.4, -0.2) is 61.0 Å². The second-order valence-electron chi connectivity index (χ2n) is 8.67. The van der Waals surface area contributed by atoms with Crippen LogP contribution in [0.15, 0.2) is 65.8 Å². The Morgan fingerprint density at radius 2 is 1.91 bits per heavy atom. The highest BCUT2D eigenvalue weighted by atomic mass is 35.5. The molecule has 1 aliphatic heterocycles. The Morgan fingerprint density at radius 3 is 2.63 bits per heavy atom. The second-order valence-corrected chi connectivity index (χ2v) is 9.10. The molecule has 1 aliphatic rings. The zero-order valence-electron chi connectivity index (χ0n) is 19.1. The molecule has 0 spiro atoms. The molecule has 0 bridgehead atoms. The quantitative estimate of drug-likeness (QED) is 0.458. The van der Waals surface area contributed by atoms with Crippen LogP contribution in [0, 0.1) is 0 Å². The minimum Gasteiger partial charge on any atom is -0.496 e. The highest BCUT2D eigenvalue weighted by molar-refractivity contribution is 6.30. The van der Waals surface area contributed by atoms with E-state index in [4.69, 9.17) is 16.3 Å². The maximum Gasteiger partial charge on any atom is 0.264 e. The van der Waals surface area contributed by atoms with E-state index >= 15 is 0 Å². The molecule has 1 amide bonds. The van der Waals surface area contributed by atoms with E-state index in [2.05, 4.69) is 10.1 Å². The number of benzene rings is 2. The molecule has 2 aromatic carbocycles. The molecule has 10 heteroatoms. The molecule has 0 radical (unpaired) electrons. The molecule has 3 heterocycles. The van der Waals surface area contributed by atoms with Crippen molar-refractivity contribution in [3.63, 3.8) is 0 Å². The Hall–Kier alpha value is -3.69. The highest BCUT2D eigenvalue weighted by Gasteiger charge is 2.35. The third-order valence-corrected chi connectivity index (χ3v) is 6.63. The summed E-state index contributed by atoms with van der Waals surface area (Å²) in [7, 11) is 1.49. The van der Waals surface area contributed by atoms with Crippen LogP contribution in [-0.2, 0) is 6.54 Å². The summed E-state index contributed by atoms with van der Waals surface area (Å²) < 4.78 is 8.33. The largest absolute Gasteiger partial charge is 0.496 e. The molecule has 9 nitrogen and oxygen atoms in total. The Morgan fingerprint density at radius 1 is 1.17 bits per heavy atom. The third-order valence-electron chi connectivity index (χ3n) is 6.40. The molecule has 0 aliphatic carbocycles. The van der Waals surface area contributed by atoms with Crippen LogP contribution in [0.25, 0.3) is 16.7 Å². The van der Waals surface area contributed by atoms with Crippen LogP contribution >= 0.6 is 11.6 Å². The monoisotopic (exact) mass is 493 g/mol. The van der Waals surface area contributed by atoms with Crippen molar-refractivity contribution in [3.8, 4) is 11.4 Å². The lowest BCUT2D eigenvalue weighted by atomic mass is 9.91. The van der Waals surface area contributed by atoms with Gasteiger partial charge in [0.2, 0.25) is 0 Å². The van der Waals surface area contributed by atoms with Crippen LogP contribution < -0.4 is 10.3 Å². The van der Waals surface area contributed by atoms with Crippen LogP contribution in [0.1, 0.15) is 23.2 Å². The van der Waals surface area contributed by atoms with Gasteiger partial charge in [0.1, 0.15) is 17.5 Å². The van der Waals surface area contributed by atoms with Crippen LogP contribution in [0.4, 0.5) is 0 Å². The van der Waals surface area contributed by atoms with E-state index in [9.17, 15) is 14.7 Å². The number of nitrogens with zero attached hydrogens (tertiary/aromatic N) is 5. The summed E-state index contributed by atoms with van der Waals surface area (Å²) >= 11 is 6.01. The van der Waals surface area contributed by atoms with E-state index in [-0.39, 0.29) is 18.0 Å². The van der Waals surface area contributed by atoms with Gasteiger partial charge in [0.25, 0.3) is 11.5 Å². The number of methoxy groups -OCH3 is 1. The fraction of sp³-hybridized carbons (Fsp3) is 0.280. The number of ether oxygens (including phenoxy) is 1. The Labute approximate surface area is 206 Å². The van der Waals surface area contributed by atoms with Gasteiger partial charge in [-0.15, -0.1) is 0 Å². The number of fused-ring (bicyclic) bond motifs is 1.